The molecule has 0 heterocycles. The van der Waals surface area contributed by atoms with Crippen LogP contribution >= 0.6 is 0 Å². The van der Waals surface area contributed by atoms with Crippen molar-refractivity contribution in [3.05, 3.63) is 10.4 Å². The maximum absolute atomic E-state index is 7.97. The second-order valence-electron chi connectivity index (χ2n) is 0.973. The average molecular weight is 124 g/mol. The van der Waals surface area contributed by atoms with Crippen LogP contribution < -0.4 is 5.32 Å². The Morgan fingerprint density at radius 3 is 2.89 bits per heavy atom. The molecular formula is C3H4N6. The molecule has 9 heavy (non-hydrogen) atoms. The fourth-order valence-corrected chi connectivity index (χ4v) is 0.218. The van der Waals surface area contributed by atoms with Gasteiger partial charge in [0.15, 0.2) is 12.2 Å². The highest BCUT2D eigenvalue weighted by Gasteiger charge is 1.85. The Hall–Kier alpha value is -1.73. The van der Waals surface area contributed by atoms with Crippen LogP contribution in [0.1, 0.15) is 0 Å². The minimum atomic E-state index is -0.0278. The lowest BCUT2D eigenvalue weighted by atomic mass is 10.9. The number of hydrogen-bond donors (Lipinski definition) is 1. The van der Waals surface area contributed by atoms with Crippen LogP contribution in [0.4, 0.5) is 0 Å². The fourth-order valence-electron chi connectivity index (χ4n) is 0.218. The van der Waals surface area contributed by atoms with E-state index in [1.807, 2.05) is 0 Å². The largest absolute Gasteiger partial charge is 0.275 e. The molecule has 0 aromatic heterocycles. The van der Waals surface area contributed by atoms with E-state index in [4.69, 9.17) is 10.8 Å². The van der Waals surface area contributed by atoms with Gasteiger partial charge in [0, 0.05) is 12.0 Å². The first kappa shape index (κ1) is 7.27. The molecule has 0 saturated carbocycles. The second-order valence-corrected chi connectivity index (χ2v) is 0.973. The van der Waals surface area contributed by atoms with E-state index in [1.54, 1.807) is 6.19 Å². The maximum Gasteiger partial charge on any atom is 0.198 e. The quantitative estimate of drug-likeness (QED) is 0.0958. The summed E-state index contributed by atoms with van der Waals surface area (Å²) in [5.41, 5.74) is 7.82. The van der Waals surface area contributed by atoms with Crippen molar-refractivity contribution in [2.24, 2.45) is 10.1 Å². The van der Waals surface area contributed by atoms with Gasteiger partial charge in [-0.3, -0.25) is 10.3 Å². The van der Waals surface area contributed by atoms with Gasteiger partial charge >= 0.3 is 0 Å². The number of nitrogens with one attached hydrogen (secondary N) is 1. The molecule has 0 atom stereocenters. The molecule has 0 aliphatic carbocycles. The zero-order chi connectivity index (χ0) is 7.11. The van der Waals surface area contributed by atoms with E-state index in [1.165, 1.54) is 7.05 Å². The molecule has 0 aromatic rings. The van der Waals surface area contributed by atoms with E-state index in [2.05, 4.69) is 20.3 Å². The summed E-state index contributed by atoms with van der Waals surface area (Å²) in [5, 5.41) is 13.1. The van der Waals surface area contributed by atoms with Crippen LogP contribution in [0.3, 0.4) is 0 Å². The van der Waals surface area contributed by atoms with Gasteiger partial charge in [0.05, 0.1) is 0 Å². The van der Waals surface area contributed by atoms with Crippen molar-refractivity contribution < 1.29 is 0 Å². The van der Waals surface area contributed by atoms with Gasteiger partial charge in [0.1, 0.15) is 0 Å². The van der Waals surface area contributed by atoms with E-state index < -0.39 is 0 Å². The predicted octanol–water partition coefficient (Wildman–Crippen LogP) is 0.353. The number of aliphatic imine (C=N–C) groups is 1. The lowest BCUT2D eigenvalue weighted by Gasteiger charge is -1.87. The van der Waals surface area contributed by atoms with Gasteiger partial charge < -0.3 is 0 Å². The molecule has 0 radical (unpaired) electrons. The molecule has 0 saturated heterocycles. The standard InChI is InChI=1S/C3H4N6/c1-6-3(7-2-4)8-9-5/h1H3,(H,6,7). The summed E-state index contributed by atoms with van der Waals surface area (Å²) < 4.78 is 0. The summed E-state index contributed by atoms with van der Waals surface area (Å²) in [7, 11) is 1.41. The summed E-state index contributed by atoms with van der Waals surface area (Å²) in [6, 6.07) is 0. The molecule has 0 amide bonds. The summed E-state index contributed by atoms with van der Waals surface area (Å²) in [6.45, 7) is 0. The van der Waals surface area contributed by atoms with Crippen LogP contribution in [0.25, 0.3) is 10.4 Å². The lowest BCUT2D eigenvalue weighted by molar-refractivity contribution is 1.19. The number of azide groups is 1. The SMILES string of the molecule is CN=C(N=[N+]=[N-])NC#N. The third-order valence-electron chi connectivity index (χ3n) is 0.519. The highest BCUT2D eigenvalue weighted by Crippen LogP contribution is 1.72. The summed E-state index contributed by atoms with van der Waals surface area (Å²) >= 11 is 0. The van der Waals surface area contributed by atoms with E-state index in [0.717, 1.165) is 0 Å². The zero-order valence-electron chi connectivity index (χ0n) is 4.74. The van der Waals surface area contributed by atoms with Gasteiger partial charge in [-0.2, -0.15) is 5.26 Å². The number of nitrogens with zero attached hydrogens (tertiary/aromatic N) is 5. The zero-order valence-corrected chi connectivity index (χ0v) is 4.74. The first-order valence-electron chi connectivity index (χ1n) is 2.02. The maximum atomic E-state index is 7.97. The highest BCUT2D eigenvalue weighted by molar-refractivity contribution is 5.81. The smallest absolute Gasteiger partial charge is 0.198 e. The van der Waals surface area contributed by atoms with Gasteiger partial charge in [0.2, 0.25) is 0 Å². The predicted molar refractivity (Wildman–Crippen MR) is 31.3 cm³/mol. The van der Waals surface area contributed by atoms with Crippen molar-refractivity contribution in [2.45, 2.75) is 0 Å². The van der Waals surface area contributed by atoms with Crippen LogP contribution in [-0.2, 0) is 0 Å². The molecule has 46 valence electrons. The second kappa shape index (κ2) is 4.43. The van der Waals surface area contributed by atoms with Gasteiger partial charge in [0.25, 0.3) is 0 Å². The van der Waals surface area contributed by atoms with E-state index in [9.17, 15) is 0 Å². The Labute approximate surface area is 51.4 Å². The minimum absolute atomic E-state index is 0.0278. The van der Waals surface area contributed by atoms with Crippen molar-refractivity contribution in [3.63, 3.8) is 0 Å². The first-order chi connectivity index (χ1) is 4.35. The molecule has 6 nitrogen and oxygen atoms in total. The highest BCUT2D eigenvalue weighted by atomic mass is 15.2. The lowest BCUT2D eigenvalue weighted by Crippen LogP contribution is -2.13. The van der Waals surface area contributed by atoms with Gasteiger partial charge in [-0.25, -0.2) is 0 Å². The van der Waals surface area contributed by atoms with Crippen molar-refractivity contribution in [1.29, 1.82) is 5.26 Å². The van der Waals surface area contributed by atoms with E-state index in [0.29, 0.717) is 0 Å². The molecular weight excluding hydrogens is 120 g/mol. The van der Waals surface area contributed by atoms with E-state index in [-0.39, 0.29) is 5.96 Å². The molecule has 0 rings (SSSR count). The van der Waals surface area contributed by atoms with Crippen molar-refractivity contribution in [2.75, 3.05) is 7.05 Å². The number of guanidine groups is 1. The molecule has 0 fully saturated rings. The minimum Gasteiger partial charge on any atom is -0.275 e. The van der Waals surface area contributed by atoms with E-state index >= 15 is 0 Å². The molecule has 0 aliphatic heterocycles. The Morgan fingerprint density at radius 2 is 2.56 bits per heavy atom. The average Bonchev–Trinajstić information content (AvgIpc) is 1.88. The van der Waals surface area contributed by atoms with Crippen molar-refractivity contribution in [3.8, 4) is 6.19 Å². The molecule has 0 bridgehead atoms. The number of rotatable bonds is 0. The van der Waals surface area contributed by atoms with Crippen LogP contribution in [-0.4, -0.2) is 13.0 Å². The molecule has 0 unspecified atom stereocenters. The van der Waals surface area contributed by atoms with Crippen LogP contribution in [0.5, 0.6) is 0 Å². The molecule has 6 heteroatoms. The fraction of sp³-hybridized carbons (Fsp3) is 0.333. The third-order valence-corrected chi connectivity index (χ3v) is 0.519. The van der Waals surface area contributed by atoms with Gasteiger partial charge in [-0.15, -0.1) is 0 Å². The summed E-state index contributed by atoms with van der Waals surface area (Å²) in [6.07, 6.45) is 1.56. The Kier molecular flexibility index (Phi) is 3.58. The Morgan fingerprint density at radius 1 is 1.89 bits per heavy atom. The van der Waals surface area contributed by atoms with Crippen molar-refractivity contribution >= 4 is 5.96 Å². The molecule has 0 aromatic carbocycles. The van der Waals surface area contributed by atoms with Crippen LogP contribution in [0.15, 0.2) is 10.1 Å². The van der Waals surface area contributed by atoms with Gasteiger partial charge in [-0.05, 0) is 10.6 Å². The molecule has 0 spiro atoms. The summed E-state index contributed by atoms with van der Waals surface area (Å²) in [4.78, 5) is 5.84. The van der Waals surface area contributed by atoms with Crippen LogP contribution in [0.2, 0.25) is 0 Å². The molecule has 0 aliphatic rings. The van der Waals surface area contributed by atoms with Crippen molar-refractivity contribution in [1.82, 2.24) is 5.32 Å². The molecule has 1 N–H and O–H groups in total. The van der Waals surface area contributed by atoms with Crippen LogP contribution in [0, 0.1) is 11.5 Å². The third kappa shape index (κ3) is 2.91. The Balaban J connectivity index is 4.05. The topological polar surface area (TPSA) is 96.9 Å². The number of nitriles is 1. The number of hydrogen-bond acceptors (Lipinski definition) is 2. The monoisotopic (exact) mass is 124 g/mol. The van der Waals surface area contributed by atoms with Gasteiger partial charge in [-0.1, -0.05) is 0 Å². The normalized spacial score (nSPS) is 9.11. The Bertz CT molecular complexity index is 191. The summed E-state index contributed by atoms with van der Waals surface area (Å²) in [5.74, 6) is -0.0278. The first-order valence-corrected chi connectivity index (χ1v) is 2.02.